The van der Waals surface area contributed by atoms with E-state index in [0.717, 1.165) is 56.3 Å². The smallest absolute Gasteiger partial charge is 0.125 e. The third kappa shape index (κ3) is 3.81. The summed E-state index contributed by atoms with van der Waals surface area (Å²) in [6.07, 6.45) is 5.61. The van der Waals surface area contributed by atoms with Gasteiger partial charge < -0.3 is 10.1 Å². The van der Waals surface area contributed by atoms with Gasteiger partial charge in [-0.25, -0.2) is 4.98 Å². The molecule has 0 atom stereocenters. The molecule has 3 heterocycles. The highest BCUT2D eigenvalue weighted by Gasteiger charge is 2.09. The topological polar surface area (TPSA) is 50.3 Å². The predicted molar refractivity (Wildman–Crippen MR) is 88.0 cm³/mol. The highest BCUT2D eigenvalue weighted by molar-refractivity contribution is 5.66. The molecular formula is C17H22N4O. The van der Waals surface area contributed by atoms with Crippen molar-refractivity contribution in [2.75, 3.05) is 44.7 Å². The Morgan fingerprint density at radius 1 is 1.18 bits per heavy atom. The molecule has 2 aromatic heterocycles. The first-order chi connectivity index (χ1) is 10.8. The molecule has 0 unspecified atom stereocenters. The molecule has 0 amide bonds. The lowest BCUT2D eigenvalue weighted by Gasteiger charge is -2.26. The number of hydrogen-bond acceptors (Lipinski definition) is 5. The molecule has 5 nitrogen and oxygen atoms in total. The fraction of sp³-hybridized carbons (Fsp3) is 0.412. The molecule has 116 valence electrons. The molecule has 1 N–H and O–H groups in total. The van der Waals surface area contributed by atoms with Crippen LogP contribution in [0.5, 0.6) is 0 Å². The quantitative estimate of drug-likeness (QED) is 0.917. The maximum Gasteiger partial charge on any atom is 0.125 e. The minimum absolute atomic E-state index is 0.845. The van der Waals surface area contributed by atoms with E-state index in [1.165, 1.54) is 5.56 Å². The zero-order valence-electron chi connectivity index (χ0n) is 13.0. The molecule has 1 saturated heterocycles. The summed E-state index contributed by atoms with van der Waals surface area (Å²) >= 11 is 0. The first-order valence-corrected chi connectivity index (χ1v) is 7.74. The van der Waals surface area contributed by atoms with E-state index in [9.17, 15) is 0 Å². The van der Waals surface area contributed by atoms with Gasteiger partial charge in [0.25, 0.3) is 0 Å². The van der Waals surface area contributed by atoms with E-state index in [2.05, 4.69) is 33.2 Å². The van der Waals surface area contributed by atoms with Gasteiger partial charge in [0.15, 0.2) is 0 Å². The van der Waals surface area contributed by atoms with Gasteiger partial charge in [-0.3, -0.25) is 9.88 Å². The van der Waals surface area contributed by atoms with Crippen molar-refractivity contribution in [3.8, 4) is 11.1 Å². The maximum atomic E-state index is 5.35. The first kappa shape index (κ1) is 14.9. The van der Waals surface area contributed by atoms with Crippen LogP contribution in [0.4, 0.5) is 5.82 Å². The SMILES string of the molecule is Cc1cnccc1-c1ccc(NCCN2CCOCC2)nc1. The van der Waals surface area contributed by atoms with Crippen LogP contribution in [0, 0.1) is 6.92 Å². The standard InChI is InChI=1S/C17H22N4O/c1-14-12-18-5-4-16(14)15-2-3-17(20-13-15)19-6-7-21-8-10-22-11-9-21/h2-5,12-13H,6-11H2,1H3,(H,19,20). The van der Waals surface area contributed by atoms with Crippen molar-refractivity contribution in [2.45, 2.75) is 6.92 Å². The summed E-state index contributed by atoms with van der Waals surface area (Å²) in [5.41, 5.74) is 3.47. The van der Waals surface area contributed by atoms with Gasteiger partial charge in [-0.2, -0.15) is 0 Å². The average molecular weight is 298 g/mol. The van der Waals surface area contributed by atoms with Crippen molar-refractivity contribution in [1.82, 2.24) is 14.9 Å². The molecule has 0 saturated carbocycles. The Bertz CT molecular complexity index is 594. The van der Waals surface area contributed by atoms with Crippen molar-refractivity contribution >= 4 is 5.82 Å². The summed E-state index contributed by atoms with van der Waals surface area (Å²) in [5.74, 6) is 0.920. The van der Waals surface area contributed by atoms with Crippen LogP contribution < -0.4 is 5.32 Å². The Kier molecular flexibility index (Phi) is 4.98. The zero-order valence-corrected chi connectivity index (χ0v) is 13.0. The number of anilines is 1. The lowest BCUT2D eigenvalue weighted by atomic mass is 10.1. The van der Waals surface area contributed by atoms with Gasteiger partial charge in [0, 0.05) is 50.3 Å². The monoisotopic (exact) mass is 298 g/mol. The molecule has 1 fully saturated rings. The number of aromatic nitrogens is 2. The Labute approximate surface area is 131 Å². The summed E-state index contributed by atoms with van der Waals surface area (Å²) in [6, 6.07) is 6.17. The fourth-order valence-corrected chi connectivity index (χ4v) is 2.62. The largest absolute Gasteiger partial charge is 0.379 e. The Morgan fingerprint density at radius 2 is 2.05 bits per heavy atom. The van der Waals surface area contributed by atoms with E-state index in [-0.39, 0.29) is 0 Å². The number of ether oxygens (including phenoxy) is 1. The second kappa shape index (κ2) is 7.33. The number of nitrogens with one attached hydrogen (secondary N) is 1. The third-order valence-corrected chi connectivity index (χ3v) is 3.93. The number of pyridine rings is 2. The molecule has 0 aromatic carbocycles. The minimum atomic E-state index is 0.845. The minimum Gasteiger partial charge on any atom is -0.379 e. The number of nitrogens with zero attached hydrogens (tertiary/aromatic N) is 3. The molecule has 0 aliphatic carbocycles. The van der Waals surface area contributed by atoms with Gasteiger partial charge in [-0.15, -0.1) is 0 Å². The Morgan fingerprint density at radius 3 is 2.77 bits per heavy atom. The lowest BCUT2D eigenvalue weighted by molar-refractivity contribution is 0.0398. The number of aryl methyl sites for hydroxylation is 1. The molecule has 1 aliphatic heterocycles. The average Bonchev–Trinajstić information content (AvgIpc) is 2.57. The highest BCUT2D eigenvalue weighted by Crippen LogP contribution is 2.22. The second-order valence-electron chi connectivity index (χ2n) is 5.50. The molecule has 2 aromatic rings. The van der Waals surface area contributed by atoms with Gasteiger partial charge in [0.1, 0.15) is 5.82 Å². The molecule has 0 bridgehead atoms. The van der Waals surface area contributed by atoms with Crippen molar-refractivity contribution in [2.24, 2.45) is 0 Å². The molecular weight excluding hydrogens is 276 g/mol. The highest BCUT2D eigenvalue weighted by atomic mass is 16.5. The van der Waals surface area contributed by atoms with Gasteiger partial charge in [-0.1, -0.05) is 0 Å². The number of morpholine rings is 1. The summed E-state index contributed by atoms with van der Waals surface area (Å²) in [7, 11) is 0. The zero-order chi connectivity index (χ0) is 15.2. The van der Waals surface area contributed by atoms with E-state index in [1.54, 1.807) is 0 Å². The molecule has 3 rings (SSSR count). The molecule has 5 heteroatoms. The molecule has 22 heavy (non-hydrogen) atoms. The van der Waals surface area contributed by atoms with Gasteiger partial charge >= 0.3 is 0 Å². The Hall–Kier alpha value is -1.98. The van der Waals surface area contributed by atoms with Gasteiger partial charge in [-0.05, 0) is 36.2 Å². The third-order valence-electron chi connectivity index (χ3n) is 3.93. The van der Waals surface area contributed by atoms with Gasteiger partial charge in [0.05, 0.1) is 13.2 Å². The fourth-order valence-electron chi connectivity index (χ4n) is 2.62. The second-order valence-corrected chi connectivity index (χ2v) is 5.50. The Balaban J connectivity index is 1.54. The van der Waals surface area contributed by atoms with Crippen LogP contribution in [-0.2, 0) is 4.74 Å². The number of rotatable bonds is 5. The molecule has 0 radical (unpaired) electrons. The maximum absolute atomic E-state index is 5.35. The molecule has 1 aliphatic rings. The van der Waals surface area contributed by atoms with E-state index in [4.69, 9.17) is 4.74 Å². The van der Waals surface area contributed by atoms with E-state index in [1.807, 2.05) is 30.7 Å². The summed E-state index contributed by atoms with van der Waals surface area (Å²) in [5, 5.41) is 3.38. The van der Waals surface area contributed by atoms with Crippen LogP contribution in [0.3, 0.4) is 0 Å². The summed E-state index contributed by atoms with van der Waals surface area (Å²) in [4.78, 5) is 11.0. The first-order valence-electron chi connectivity index (χ1n) is 7.74. The molecule has 0 spiro atoms. The van der Waals surface area contributed by atoms with Crippen LogP contribution in [0.1, 0.15) is 5.56 Å². The van der Waals surface area contributed by atoms with E-state index in [0.29, 0.717) is 0 Å². The predicted octanol–water partition coefficient (Wildman–Crippen LogP) is 2.20. The van der Waals surface area contributed by atoms with Crippen molar-refractivity contribution in [3.05, 3.63) is 42.4 Å². The van der Waals surface area contributed by atoms with E-state index < -0.39 is 0 Å². The summed E-state index contributed by atoms with van der Waals surface area (Å²) < 4.78 is 5.35. The van der Waals surface area contributed by atoms with Crippen LogP contribution >= 0.6 is 0 Å². The van der Waals surface area contributed by atoms with E-state index >= 15 is 0 Å². The van der Waals surface area contributed by atoms with Crippen LogP contribution in [0.25, 0.3) is 11.1 Å². The normalized spacial score (nSPS) is 15.7. The van der Waals surface area contributed by atoms with Crippen molar-refractivity contribution in [1.29, 1.82) is 0 Å². The van der Waals surface area contributed by atoms with Gasteiger partial charge in [0.2, 0.25) is 0 Å². The van der Waals surface area contributed by atoms with Crippen LogP contribution in [0.2, 0.25) is 0 Å². The van der Waals surface area contributed by atoms with Crippen molar-refractivity contribution in [3.63, 3.8) is 0 Å². The lowest BCUT2D eigenvalue weighted by Crippen LogP contribution is -2.39. The van der Waals surface area contributed by atoms with Crippen LogP contribution in [0.15, 0.2) is 36.8 Å². The summed E-state index contributed by atoms with van der Waals surface area (Å²) in [6.45, 7) is 7.73. The number of hydrogen-bond donors (Lipinski definition) is 1. The van der Waals surface area contributed by atoms with Crippen LogP contribution in [-0.4, -0.2) is 54.3 Å². The van der Waals surface area contributed by atoms with Crippen molar-refractivity contribution < 1.29 is 4.74 Å².